The normalized spacial score (nSPS) is 17.3. The maximum atomic E-state index is 4.54. The van der Waals surface area contributed by atoms with Gasteiger partial charge in [0.05, 0.1) is 16.3 Å². The SMILES string of the molecule is CCn1ncnc1C(C)NC1CCN(c2ncnc3ccsc23)CC1. The van der Waals surface area contributed by atoms with Crippen LogP contribution >= 0.6 is 11.3 Å². The Hall–Kier alpha value is -2.06. The van der Waals surface area contributed by atoms with Gasteiger partial charge in [0.2, 0.25) is 0 Å². The predicted octanol–water partition coefficient (Wildman–Crippen LogP) is 2.62. The molecule has 0 bridgehead atoms. The summed E-state index contributed by atoms with van der Waals surface area (Å²) in [5.74, 6) is 2.10. The van der Waals surface area contributed by atoms with E-state index in [-0.39, 0.29) is 6.04 Å². The smallest absolute Gasteiger partial charge is 0.150 e. The molecule has 3 aromatic heterocycles. The fourth-order valence-corrected chi connectivity index (χ4v) is 4.40. The summed E-state index contributed by atoms with van der Waals surface area (Å²) in [6.45, 7) is 7.13. The summed E-state index contributed by atoms with van der Waals surface area (Å²) in [5, 5.41) is 10.1. The molecule has 1 unspecified atom stereocenters. The lowest BCUT2D eigenvalue weighted by Gasteiger charge is -2.34. The van der Waals surface area contributed by atoms with Gasteiger partial charge in [0, 0.05) is 25.7 Å². The fourth-order valence-electron chi connectivity index (χ4n) is 3.54. The van der Waals surface area contributed by atoms with Crippen molar-refractivity contribution in [3.63, 3.8) is 0 Å². The molecule has 25 heavy (non-hydrogen) atoms. The van der Waals surface area contributed by atoms with Crippen LogP contribution in [0.3, 0.4) is 0 Å². The van der Waals surface area contributed by atoms with E-state index >= 15 is 0 Å². The molecule has 132 valence electrons. The van der Waals surface area contributed by atoms with Crippen molar-refractivity contribution in [1.29, 1.82) is 0 Å². The molecular weight excluding hydrogens is 334 g/mol. The molecule has 8 heteroatoms. The van der Waals surface area contributed by atoms with E-state index < -0.39 is 0 Å². The van der Waals surface area contributed by atoms with Gasteiger partial charge in [-0.1, -0.05) is 0 Å². The van der Waals surface area contributed by atoms with Crippen LogP contribution in [0.25, 0.3) is 10.2 Å². The van der Waals surface area contributed by atoms with Crippen molar-refractivity contribution in [2.75, 3.05) is 18.0 Å². The van der Waals surface area contributed by atoms with Crippen molar-refractivity contribution in [2.45, 2.75) is 45.3 Å². The van der Waals surface area contributed by atoms with Gasteiger partial charge in [0.1, 0.15) is 24.3 Å². The number of nitrogens with one attached hydrogen (secondary N) is 1. The lowest BCUT2D eigenvalue weighted by atomic mass is 10.0. The minimum atomic E-state index is 0.210. The van der Waals surface area contributed by atoms with Gasteiger partial charge < -0.3 is 10.2 Å². The highest BCUT2D eigenvalue weighted by Gasteiger charge is 2.24. The number of nitrogens with zero attached hydrogens (tertiary/aromatic N) is 6. The number of hydrogen-bond donors (Lipinski definition) is 1. The van der Waals surface area contributed by atoms with Crippen LogP contribution in [0, 0.1) is 0 Å². The highest BCUT2D eigenvalue weighted by atomic mass is 32.1. The van der Waals surface area contributed by atoms with Crippen LogP contribution in [0.15, 0.2) is 24.1 Å². The highest BCUT2D eigenvalue weighted by Crippen LogP contribution is 2.29. The molecule has 0 spiro atoms. The first kappa shape index (κ1) is 16.4. The molecule has 1 aliphatic heterocycles. The zero-order chi connectivity index (χ0) is 17.2. The molecule has 7 nitrogen and oxygen atoms in total. The molecule has 3 aromatic rings. The van der Waals surface area contributed by atoms with E-state index in [2.05, 4.69) is 55.6 Å². The first-order valence-electron chi connectivity index (χ1n) is 8.83. The van der Waals surface area contributed by atoms with Gasteiger partial charge in [0.25, 0.3) is 0 Å². The second kappa shape index (κ2) is 7.05. The van der Waals surface area contributed by atoms with Gasteiger partial charge in [-0.25, -0.2) is 19.6 Å². The molecule has 0 radical (unpaired) electrons. The Morgan fingerprint density at radius 3 is 2.88 bits per heavy atom. The number of aryl methyl sites for hydroxylation is 1. The number of fused-ring (bicyclic) bond motifs is 1. The Balaban J connectivity index is 1.39. The summed E-state index contributed by atoms with van der Waals surface area (Å²) in [5.41, 5.74) is 1.04. The summed E-state index contributed by atoms with van der Waals surface area (Å²) in [7, 11) is 0. The average Bonchev–Trinajstić information content (AvgIpc) is 3.31. The standard InChI is InChI=1S/C17H23N7S/c1-3-24-16(20-11-21-24)12(2)22-13-4-7-23(8-5-13)17-15-14(6-9-25-15)18-10-19-17/h6,9-13,22H,3-5,7-8H2,1-2H3. The number of rotatable bonds is 5. The molecule has 1 fully saturated rings. The fraction of sp³-hybridized carbons (Fsp3) is 0.529. The average molecular weight is 357 g/mol. The Bertz CT molecular complexity index is 834. The molecular formula is C17H23N7S. The molecule has 0 aliphatic carbocycles. The van der Waals surface area contributed by atoms with E-state index in [1.807, 2.05) is 4.68 Å². The van der Waals surface area contributed by atoms with Crippen LogP contribution in [0.4, 0.5) is 5.82 Å². The molecule has 0 saturated carbocycles. The number of thiophene rings is 1. The second-order valence-corrected chi connectivity index (χ2v) is 7.33. The summed E-state index contributed by atoms with van der Waals surface area (Å²) in [6.07, 6.45) is 5.51. The summed E-state index contributed by atoms with van der Waals surface area (Å²) < 4.78 is 3.15. The maximum absolute atomic E-state index is 4.54. The highest BCUT2D eigenvalue weighted by molar-refractivity contribution is 7.17. The predicted molar refractivity (Wildman–Crippen MR) is 99.9 cm³/mol. The van der Waals surface area contributed by atoms with Gasteiger partial charge in [0.15, 0.2) is 0 Å². The molecule has 0 aromatic carbocycles. The van der Waals surface area contributed by atoms with Crippen molar-refractivity contribution in [3.8, 4) is 0 Å². The van der Waals surface area contributed by atoms with E-state index in [9.17, 15) is 0 Å². The monoisotopic (exact) mass is 357 g/mol. The topological polar surface area (TPSA) is 71.8 Å². The third-order valence-electron chi connectivity index (χ3n) is 4.84. The largest absolute Gasteiger partial charge is 0.355 e. The minimum Gasteiger partial charge on any atom is -0.355 e. The molecule has 1 saturated heterocycles. The van der Waals surface area contributed by atoms with Crippen LogP contribution in [0.1, 0.15) is 38.6 Å². The van der Waals surface area contributed by atoms with E-state index in [0.29, 0.717) is 6.04 Å². The van der Waals surface area contributed by atoms with Gasteiger partial charge in [-0.3, -0.25) is 0 Å². The van der Waals surface area contributed by atoms with Crippen LogP contribution in [-0.2, 0) is 6.54 Å². The van der Waals surface area contributed by atoms with Crippen molar-refractivity contribution in [2.24, 2.45) is 0 Å². The Morgan fingerprint density at radius 2 is 2.08 bits per heavy atom. The van der Waals surface area contributed by atoms with Gasteiger partial charge >= 0.3 is 0 Å². The lowest BCUT2D eigenvalue weighted by molar-refractivity contribution is 0.365. The molecule has 1 N–H and O–H groups in total. The third-order valence-corrected chi connectivity index (χ3v) is 5.74. The van der Waals surface area contributed by atoms with Crippen molar-refractivity contribution in [3.05, 3.63) is 29.9 Å². The number of hydrogen-bond acceptors (Lipinski definition) is 7. The Morgan fingerprint density at radius 1 is 1.24 bits per heavy atom. The summed E-state index contributed by atoms with van der Waals surface area (Å²) >= 11 is 1.72. The maximum Gasteiger partial charge on any atom is 0.150 e. The summed E-state index contributed by atoms with van der Waals surface area (Å²) in [6, 6.07) is 2.77. The number of anilines is 1. The number of piperidine rings is 1. The lowest BCUT2D eigenvalue weighted by Crippen LogP contribution is -2.44. The van der Waals surface area contributed by atoms with E-state index in [1.54, 1.807) is 24.0 Å². The van der Waals surface area contributed by atoms with Gasteiger partial charge in [-0.2, -0.15) is 5.10 Å². The van der Waals surface area contributed by atoms with Crippen LogP contribution in [-0.4, -0.2) is 43.9 Å². The van der Waals surface area contributed by atoms with Gasteiger partial charge in [-0.15, -0.1) is 11.3 Å². The Labute approximate surface area is 151 Å². The van der Waals surface area contributed by atoms with Crippen molar-refractivity contribution >= 4 is 27.4 Å². The van der Waals surface area contributed by atoms with E-state index in [0.717, 1.165) is 49.6 Å². The van der Waals surface area contributed by atoms with Crippen molar-refractivity contribution in [1.82, 2.24) is 30.0 Å². The first-order chi connectivity index (χ1) is 12.3. The third kappa shape index (κ3) is 3.23. The zero-order valence-corrected chi connectivity index (χ0v) is 15.4. The summed E-state index contributed by atoms with van der Waals surface area (Å²) in [4.78, 5) is 15.7. The quantitative estimate of drug-likeness (QED) is 0.757. The Kier molecular flexibility index (Phi) is 4.63. The van der Waals surface area contributed by atoms with Gasteiger partial charge in [-0.05, 0) is 38.1 Å². The number of aromatic nitrogens is 5. The van der Waals surface area contributed by atoms with Crippen molar-refractivity contribution < 1.29 is 0 Å². The second-order valence-electron chi connectivity index (χ2n) is 6.42. The molecule has 4 heterocycles. The van der Waals surface area contributed by atoms with E-state index in [1.165, 1.54) is 4.70 Å². The van der Waals surface area contributed by atoms with Crippen LogP contribution in [0.2, 0.25) is 0 Å². The minimum absolute atomic E-state index is 0.210. The molecule has 4 rings (SSSR count). The van der Waals surface area contributed by atoms with E-state index in [4.69, 9.17) is 0 Å². The first-order valence-corrected chi connectivity index (χ1v) is 9.71. The van der Waals surface area contributed by atoms with Crippen LogP contribution in [0.5, 0.6) is 0 Å². The van der Waals surface area contributed by atoms with Crippen LogP contribution < -0.4 is 10.2 Å². The molecule has 0 amide bonds. The molecule has 1 atom stereocenters. The zero-order valence-electron chi connectivity index (χ0n) is 14.6. The molecule has 1 aliphatic rings.